The Morgan fingerprint density at radius 2 is 0.560 bits per heavy atom. The highest BCUT2D eigenvalue weighted by Gasteiger charge is 2.30. The average Bonchev–Trinajstić information content (AvgIpc) is 2.92. The standard InChI is InChI=1S/C72H140O17P2/c1-7-10-12-14-16-18-19-29-32-36-43-49-55-70(75)83-60-67(88-71(76)56-50-44-37-33-30-27-25-23-21-20-22-24-26-28-31-34-41-47-53-65(6)9-3)62-86-90(78,79)84-58-66(73)59-85-91(80,81)87-63-68(61-82-69(74)54-48-42-35-17-15-13-11-8-2)89-72(77)57-51-45-39-38-40-46-52-64(4)5/h64-68,73H,7-63H2,1-6H3,(H,78,79)(H,80,81)/t65?,66-,67-,68-/m1/s1. The molecule has 0 radical (unpaired) electrons. The largest absolute Gasteiger partial charge is 0.472 e. The summed E-state index contributed by atoms with van der Waals surface area (Å²) < 4.78 is 68.2. The van der Waals surface area contributed by atoms with E-state index in [4.69, 9.17) is 37.0 Å². The zero-order valence-electron chi connectivity index (χ0n) is 59.1. The van der Waals surface area contributed by atoms with Crippen molar-refractivity contribution < 1.29 is 80.2 Å². The summed E-state index contributed by atoms with van der Waals surface area (Å²) in [4.78, 5) is 72.4. The van der Waals surface area contributed by atoms with Crippen molar-refractivity contribution >= 4 is 39.5 Å². The number of ether oxygens (including phenoxy) is 4. The maximum absolute atomic E-state index is 13.0. The highest BCUT2D eigenvalue weighted by atomic mass is 31.2. The lowest BCUT2D eigenvalue weighted by Gasteiger charge is -2.21. The van der Waals surface area contributed by atoms with Crippen molar-refractivity contribution in [2.75, 3.05) is 39.6 Å². The zero-order chi connectivity index (χ0) is 67.2. The van der Waals surface area contributed by atoms with E-state index in [1.807, 2.05) is 0 Å². The van der Waals surface area contributed by atoms with E-state index in [1.165, 1.54) is 180 Å². The van der Waals surface area contributed by atoms with Crippen molar-refractivity contribution in [1.82, 2.24) is 0 Å². The third-order valence-electron chi connectivity index (χ3n) is 17.1. The van der Waals surface area contributed by atoms with Gasteiger partial charge in [-0.2, -0.15) is 0 Å². The zero-order valence-corrected chi connectivity index (χ0v) is 60.9. The van der Waals surface area contributed by atoms with Gasteiger partial charge in [0.15, 0.2) is 12.2 Å². The molecule has 6 atom stereocenters. The minimum Gasteiger partial charge on any atom is -0.462 e. The van der Waals surface area contributed by atoms with Crippen LogP contribution in [0.1, 0.15) is 369 Å². The van der Waals surface area contributed by atoms with Crippen LogP contribution in [0.15, 0.2) is 0 Å². The first kappa shape index (κ1) is 89.1. The molecule has 0 aliphatic heterocycles. The van der Waals surface area contributed by atoms with Crippen molar-refractivity contribution in [3.8, 4) is 0 Å². The fraction of sp³-hybridized carbons (Fsp3) is 0.944. The molecule has 0 heterocycles. The van der Waals surface area contributed by atoms with Crippen LogP contribution in [0, 0.1) is 11.8 Å². The van der Waals surface area contributed by atoms with Gasteiger partial charge in [0, 0.05) is 25.7 Å². The van der Waals surface area contributed by atoms with Crippen LogP contribution in [0.4, 0.5) is 0 Å². The van der Waals surface area contributed by atoms with E-state index >= 15 is 0 Å². The smallest absolute Gasteiger partial charge is 0.462 e. The lowest BCUT2D eigenvalue weighted by Crippen LogP contribution is -2.30. The normalized spacial score (nSPS) is 14.4. The molecule has 17 nitrogen and oxygen atoms in total. The molecule has 0 aliphatic carbocycles. The molecule has 0 aromatic rings. The topological polar surface area (TPSA) is 237 Å². The Balaban J connectivity index is 5.13. The number of aliphatic hydroxyl groups is 1. The number of carbonyl (C=O) groups excluding carboxylic acids is 4. The second-order valence-electron chi connectivity index (χ2n) is 26.7. The van der Waals surface area contributed by atoms with Crippen molar-refractivity contribution in [3.05, 3.63) is 0 Å². The van der Waals surface area contributed by atoms with Gasteiger partial charge >= 0.3 is 39.5 Å². The Morgan fingerprint density at radius 3 is 0.835 bits per heavy atom. The van der Waals surface area contributed by atoms with E-state index in [9.17, 15) is 43.2 Å². The fourth-order valence-corrected chi connectivity index (χ4v) is 12.5. The summed E-state index contributed by atoms with van der Waals surface area (Å²) in [5.74, 6) is -0.588. The second kappa shape index (κ2) is 64.1. The molecule has 540 valence electrons. The fourth-order valence-electron chi connectivity index (χ4n) is 10.9. The lowest BCUT2D eigenvalue weighted by molar-refractivity contribution is -0.161. The summed E-state index contributed by atoms with van der Waals surface area (Å²) in [6.45, 7) is 9.50. The number of rotatable bonds is 71. The predicted octanol–water partition coefficient (Wildman–Crippen LogP) is 20.8. The van der Waals surface area contributed by atoms with Crippen LogP contribution < -0.4 is 0 Å². The Morgan fingerprint density at radius 1 is 0.319 bits per heavy atom. The van der Waals surface area contributed by atoms with Gasteiger partial charge in [0.05, 0.1) is 26.4 Å². The van der Waals surface area contributed by atoms with Gasteiger partial charge in [-0.1, -0.05) is 318 Å². The van der Waals surface area contributed by atoms with E-state index in [2.05, 4.69) is 41.5 Å². The molecule has 0 saturated carbocycles. The molecule has 0 aliphatic rings. The number of aliphatic hydroxyl groups excluding tert-OH is 1. The van der Waals surface area contributed by atoms with Crippen LogP contribution in [-0.4, -0.2) is 96.7 Å². The first-order chi connectivity index (χ1) is 43.9. The van der Waals surface area contributed by atoms with Crippen LogP contribution >= 0.6 is 15.6 Å². The molecule has 0 bridgehead atoms. The van der Waals surface area contributed by atoms with E-state index in [-0.39, 0.29) is 25.7 Å². The van der Waals surface area contributed by atoms with E-state index in [0.717, 1.165) is 102 Å². The van der Waals surface area contributed by atoms with Crippen LogP contribution in [0.25, 0.3) is 0 Å². The van der Waals surface area contributed by atoms with E-state index in [0.29, 0.717) is 31.6 Å². The van der Waals surface area contributed by atoms with Gasteiger partial charge in [0.1, 0.15) is 19.3 Å². The molecule has 3 unspecified atom stereocenters. The van der Waals surface area contributed by atoms with Crippen molar-refractivity contribution in [1.29, 1.82) is 0 Å². The van der Waals surface area contributed by atoms with Gasteiger partial charge in [-0.3, -0.25) is 37.3 Å². The summed E-state index contributed by atoms with van der Waals surface area (Å²) in [7, 11) is -9.90. The molecule has 0 fully saturated rings. The molecule has 91 heavy (non-hydrogen) atoms. The minimum atomic E-state index is -4.95. The van der Waals surface area contributed by atoms with Gasteiger partial charge in [-0.05, 0) is 37.5 Å². The Kier molecular flexibility index (Phi) is 62.7. The monoisotopic (exact) mass is 1340 g/mol. The first-order valence-electron chi connectivity index (χ1n) is 37.5. The average molecular weight is 1340 g/mol. The molecule has 3 N–H and O–H groups in total. The first-order valence-corrected chi connectivity index (χ1v) is 40.5. The van der Waals surface area contributed by atoms with E-state index in [1.54, 1.807) is 0 Å². The van der Waals surface area contributed by atoms with Crippen LogP contribution in [0.5, 0.6) is 0 Å². The van der Waals surface area contributed by atoms with Crippen LogP contribution in [0.3, 0.4) is 0 Å². The predicted molar refractivity (Wildman–Crippen MR) is 368 cm³/mol. The quantitative estimate of drug-likeness (QED) is 0.0222. The van der Waals surface area contributed by atoms with Gasteiger partial charge in [-0.25, -0.2) is 9.13 Å². The highest BCUT2D eigenvalue weighted by molar-refractivity contribution is 7.47. The number of hydrogen-bond donors (Lipinski definition) is 3. The van der Waals surface area contributed by atoms with Gasteiger partial charge in [-0.15, -0.1) is 0 Å². The molecular weight excluding hydrogens is 1200 g/mol. The van der Waals surface area contributed by atoms with E-state index < -0.39 is 97.5 Å². The highest BCUT2D eigenvalue weighted by Crippen LogP contribution is 2.45. The molecule has 0 spiro atoms. The molecule has 19 heteroatoms. The summed E-state index contributed by atoms with van der Waals surface area (Å²) in [5.41, 5.74) is 0. The number of carbonyl (C=O) groups is 4. The summed E-state index contributed by atoms with van der Waals surface area (Å²) in [6, 6.07) is 0. The Hall–Kier alpha value is -1.94. The SMILES string of the molecule is CCCCCCCCCCCCCCC(=O)OC[C@H](COP(=O)(O)OC[C@@H](O)COP(=O)(O)OC[C@@H](COC(=O)CCCCCCCCCC)OC(=O)CCCCCCCCC(C)C)OC(=O)CCCCCCCCCCCCCCCCCCCCC(C)CC. The molecule has 0 saturated heterocycles. The van der Waals surface area contributed by atoms with Gasteiger partial charge < -0.3 is 33.8 Å². The summed E-state index contributed by atoms with van der Waals surface area (Å²) in [6.07, 6.45) is 50.3. The van der Waals surface area contributed by atoms with Crippen molar-refractivity contribution in [2.24, 2.45) is 11.8 Å². The van der Waals surface area contributed by atoms with Crippen molar-refractivity contribution in [2.45, 2.75) is 387 Å². The molecule has 0 aromatic heterocycles. The Bertz CT molecular complexity index is 1770. The maximum Gasteiger partial charge on any atom is 0.472 e. The number of unbranched alkanes of at least 4 members (excludes halogenated alkanes) is 40. The second-order valence-corrected chi connectivity index (χ2v) is 29.6. The lowest BCUT2D eigenvalue weighted by atomic mass is 9.99. The number of hydrogen-bond acceptors (Lipinski definition) is 15. The number of phosphoric acid groups is 2. The number of phosphoric ester groups is 2. The molecule has 0 rings (SSSR count). The van der Waals surface area contributed by atoms with Crippen molar-refractivity contribution in [3.63, 3.8) is 0 Å². The summed E-state index contributed by atoms with van der Waals surface area (Å²) in [5, 5.41) is 10.6. The minimum absolute atomic E-state index is 0.102. The van der Waals surface area contributed by atoms with Crippen LogP contribution in [-0.2, 0) is 65.4 Å². The molecule has 0 aromatic carbocycles. The van der Waals surface area contributed by atoms with Gasteiger partial charge in [0.2, 0.25) is 0 Å². The summed E-state index contributed by atoms with van der Waals surface area (Å²) >= 11 is 0. The third kappa shape index (κ3) is 65.1. The third-order valence-corrected chi connectivity index (χ3v) is 19.0. The Labute approximate surface area is 556 Å². The maximum atomic E-state index is 13.0. The molecule has 0 amide bonds. The molecular formula is C72H140O17P2. The van der Waals surface area contributed by atoms with Gasteiger partial charge in [0.25, 0.3) is 0 Å². The van der Waals surface area contributed by atoms with Crippen LogP contribution in [0.2, 0.25) is 0 Å². The number of esters is 4.